The standard InChI is InChI=1S/C24H35N3O4/c1-17(18-9-5-6-10-18)15-22(29)26-16-19-11-7-8-12-20(19)27-21(28)13-14-25-23(30)31-24(2,3)4/h7-8,11-12,15,18H,5-6,9-10,13-14,16H2,1-4H3,(H,25,30)(H,26,29)(H,27,28)/b17-15+. The molecule has 31 heavy (non-hydrogen) atoms. The maximum Gasteiger partial charge on any atom is 0.407 e. The average Bonchev–Trinajstić information content (AvgIpc) is 3.21. The number of ether oxygens (including phenoxy) is 1. The summed E-state index contributed by atoms with van der Waals surface area (Å²) in [5, 5.41) is 8.32. The molecule has 1 fully saturated rings. The Bertz CT molecular complexity index is 805. The molecule has 1 saturated carbocycles. The van der Waals surface area contributed by atoms with Crippen LogP contribution in [0.25, 0.3) is 0 Å². The highest BCUT2D eigenvalue weighted by atomic mass is 16.6. The second kappa shape index (κ2) is 11.5. The van der Waals surface area contributed by atoms with Gasteiger partial charge in [0.25, 0.3) is 0 Å². The fourth-order valence-electron chi connectivity index (χ4n) is 3.54. The summed E-state index contributed by atoms with van der Waals surface area (Å²) in [6, 6.07) is 7.34. The maximum absolute atomic E-state index is 12.3. The van der Waals surface area contributed by atoms with E-state index in [1.54, 1.807) is 32.9 Å². The van der Waals surface area contributed by atoms with Crippen molar-refractivity contribution in [3.63, 3.8) is 0 Å². The second-order valence-corrected chi connectivity index (χ2v) is 8.97. The Labute approximate surface area is 185 Å². The zero-order chi connectivity index (χ0) is 22.9. The third kappa shape index (κ3) is 9.24. The zero-order valence-corrected chi connectivity index (χ0v) is 19.0. The molecule has 0 bridgehead atoms. The van der Waals surface area contributed by atoms with Crippen molar-refractivity contribution in [1.29, 1.82) is 0 Å². The topological polar surface area (TPSA) is 96.5 Å². The number of hydrogen-bond acceptors (Lipinski definition) is 4. The molecule has 170 valence electrons. The number of rotatable bonds is 8. The largest absolute Gasteiger partial charge is 0.444 e. The molecule has 0 aromatic heterocycles. The summed E-state index contributed by atoms with van der Waals surface area (Å²) in [4.78, 5) is 36.2. The van der Waals surface area contributed by atoms with E-state index in [1.807, 2.05) is 25.1 Å². The molecule has 1 aromatic carbocycles. The number of alkyl carbamates (subject to hydrolysis) is 1. The number of allylic oxidation sites excluding steroid dienone is 1. The van der Waals surface area contributed by atoms with Gasteiger partial charge in [-0.05, 0) is 58.1 Å². The Hall–Kier alpha value is -2.83. The van der Waals surface area contributed by atoms with Crippen molar-refractivity contribution in [1.82, 2.24) is 10.6 Å². The molecule has 2 rings (SSSR count). The van der Waals surface area contributed by atoms with Crippen molar-refractivity contribution in [2.75, 3.05) is 11.9 Å². The molecule has 0 unspecified atom stereocenters. The molecule has 0 radical (unpaired) electrons. The molecule has 3 N–H and O–H groups in total. The average molecular weight is 430 g/mol. The van der Waals surface area contributed by atoms with Crippen LogP contribution in [0.1, 0.15) is 65.4 Å². The monoisotopic (exact) mass is 429 g/mol. The molecule has 0 spiro atoms. The molecular weight excluding hydrogens is 394 g/mol. The first-order chi connectivity index (χ1) is 14.6. The first-order valence-corrected chi connectivity index (χ1v) is 10.9. The van der Waals surface area contributed by atoms with E-state index in [-0.39, 0.29) is 24.8 Å². The van der Waals surface area contributed by atoms with Gasteiger partial charge in [-0.1, -0.05) is 36.6 Å². The van der Waals surface area contributed by atoms with Gasteiger partial charge in [-0.25, -0.2) is 4.79 Å². The van der Waals surface area contributed by atoms with Gasteiger partial charge in [0.1, 0.15) is 5.60 Å². The van der Waals surface area contributed by atoms with Gasteiger partial charge in [-0.15, -0.1) is 0 Å². The Kier molecular flexibility index (Phi) is 9.09. The molecule has 1 aliphatic rings. The summed E-state index contributed by atoms with van der Waals surface area (Å²) in [7, 11) is 0. The zero-order valence-electron chi connectivity index (χ0n) is 19.0. The second-order valence-electron chi connectivity index (χ2n) is 8.97. The summed E-state index contributed by atoms with van der Waals surface area (Å²) >= 11 is 0. The molecule has 1 aliphatic carbocycles. The van der Waals surface area contributed by atoms with E-state index < -0.39 is 11.7 Å². The van der Waals surface area contributed by atoms with Gasteiger partial charge in [0.05, 0.1) is 0 Å². The lowest BCUT2D eigenvalue weighted by Gasteiger charge is -2.19. The predicted octanol–water partition coefficient (Wildman–Crippen LogP) is 4.29. The quantitative estimate of drug-likeness (QED) is 0.537. The van der Waals surface area contributed by atoms with Crippen LogP contribution in [0.15, 0.2) is 35.9 Å². The summed E-state index contributed by atoms with van der Waals surface area (Å²) in [6.07, 6.45) is 6.04. The Morgan fingerprint density at radius 1 is 1.10 bits per heavy atom. The van der Waals surface area contributed by atoms with Crippen LogP contribution in [0.4, 0.5) is 10.5 Å². The Morgan fingerprint density at radius 3 is 2.45 bits per heavy atom. The number of anilines is 1. The van der Waals surface area contributed by atoms with Crippen molar-refractivity contribution in [2.45, 2.75) is 71.9 Å². The lowest BCUT2D eigenvalue weighted by molar-refractivity contribution is -0.117. The molecular formula is C24H35N3O4. The van der Waals surface area contributed by atoms with Gasteiger partial charge in [0.2, 0.25) is 11.8 Å². The van der Waals surface area contributed by atoms with E-state index in [0.29, 0.717) is 18.2 Å². The highest BCUT2D eigenvalue weighted by Crippen LogP contribution is 2.30. The Balaban J connectivity index is 1.81. The van der Waals surface area contributed by atoms with Gasteiger partial charge in [-0.3, -0.25) is 9.59 Å². The van der Waals surface area contributed by atoms with E-state index in [1.165, 1.54) is 12.8 Å². The first-order valence-electron chi connectivity index (χ1n) is 10.9. The van der Waals surface area contributed by atoms with Crippen LogP contribution in [0.5, 0.6) is 0 Å². The molecule has 1 aromatic rings. The van der Waals surface area contributed by atoms with Crippen LogP contribution in [-0.2, 0) is 20.9 Å². The van der Waals surface area contributed by atoms with Crippen LogP contribution in [-0.4, -0.2) is 30.1 Å². The van der Waals surface area contributed by atoms with Crippen molar-refractivity contribution >= 4 is 23.6 Å². The van der Waals surface area contributed by atoms with E-state index in [4.69, 9.17) is 4.74 Å². The van der Waals surface area contributed by atoms with Gasteiger partial charge in [-0.2, -0.15) is 0 Å². The van der Waals surface area contributed by atoms with Gasteiger partial charge < -0.3 is 20.7 Å². The van der Waals surface area contributed by atoms with Gasteiger partial charge >= 0.3 is 6.09 Å². The van der Waals surface area contributed by atoms with Crippen LogP contribution in [0.3, 0.4) is 0 Å². The summed E-state index contributed by atoms with van der Waals surface area (Å²) in [5.74, 6) is 0.172. The molecule has 3 amide bonds. The lowest BCUT2D eigenvalue weighted by atomic mass is 9.99. The molecule has 7 nitrogen and oxygen atoms in total. The van der Waals surface area contributed by atoms with Crippen molar-refractivity contribution in [3.8, 4) is 0 Å². The minimum atomic E-state index is -0.583. The van der Waals surface area contributed by atoms with Crippen LogP contribution in [0, 0.1) is 5.92 Å². The number of amides is 3. The predicted molar refractivity (Wildman–Crippen MR) is 121 cm³/mol. The van der Waals surface area contributed by atoms with E-state index in [2.05, 4.69) is 16.0 Å². The number of carbonyl (C=O) groups is 3. The van der Waals surface area contributed by atoms with Crippen molar-refractivity contribution < 1.29 is 19.1 Å². The maximum atomic E-state index is 12.3. The van der Waals surface area contributed by atoms with Crippen molar-refractivity contribution in [2.24, 2.45) is 5.92 Å². The fourth-order valence-corrected chi connectivity index (χ4v) is 3.54. The van der Waals surface area contributed by atoms with E-state index in [0.717, 1.165) is 24.0 Å². The molecule has 0 aliphatic heterocycles. The third-order valence-electron chi connectivity index (χ3n) is 5.12. The highest BCUT2D eigenvalue weighted by Gasteiger charge is 2.18. The van der Waals surface area contributed by atoms with Crippen LogP contribution in [0.2, 0.25) is 0 Å². The molecule has 0 heterocycles. The van der Waals surface area contributed by atoms with Crippen LogP contribution < -0.4 is 16.0 Å². The fraction of sp³-hybridized carbons (Fsp3) is 0.542. The smallest absolute Gasteiger partial charge is 0.407 e. The molecule has 0 saturated heterocycles. The summed E-state index contributed by atoms with van der Waals surface area (Å²) in [5.41, 5.74) is 2.01. The number of para-hydroxylation sites is 1. The number of carbonyl (C=O) groups excluding carboxylic acids is 3. The first kappa shape index (κ1) is 24.4. The summed E-state index contributed by atoms with van der Waals surface area (Å²) in [6.45, 7) is 7.85. The molecule has 0 atom stereocenters. The highest BCUT2D eigenvalue weighted by molar-refractivity contribution is 5.92. The third-order valence-corrected chi connectivity index (χ3v) is 5.12. The Morgan fingerprint density at radius 2 is 1.77 bits per heavy atom. The van der Waals surface area contributed by atoms with E-state index in [9.17, 15) is 14.4 Å². The summed E-state index contributed by atoms with van der Waals surface area (Å²) < 4.78 is 5.14. The normalized spacial score (nSPS) is 14.8. The van der Waals surface area contributed by atoms with Crippen LogP contribution >= 0.6 is 0 Å². The lowest BCUT2D eigenvalue weighted by Crippen LogP contribution is -2.34. The number of nitrogens with one attached hydrogen (secondary N) is 3. The minimum Gasteiger partial charge on any atom is -0.444 e. The molecule has 7 heteroatoms. The minimum absolute atomic E-state index is 0.114. The van der Waals surface area contributed by atoms with E-state index >= 15 is 0 Å². The number of benzene rings is 1. The van der Waals surface area contributed by atoms with Crippen molar-refractivity contribution in [3.05, 3.63) is 41.5 Å². The SMILES string of the molecule is C/C(=C\C(=O)NCc1ccccc1NC(=O)CCNC(=O)OC(C)(C)C)C1CCCC1. The number of hydrogen-bond donors (Lipinski definition) is 3. The van der Waals surface area contributed by atoms with Gasteiger partial charge in [0, 0.05) is 31.3 Å². The van der Waals surface area contributed by atoms with Gasteiger partial charge in [0.15, 0.2) is 0 Å².